The molecule has 1 amide bonds. The maximum Gasteiger partial charge on any atom is 0.312 e. The third-order valence-corrected chi connectivity index (χ3v) is 7.78. The number of nitrogens with zero attached hydrogens (tertiary/aromatic N) is 5. The van der Waals surface area contributed by atoms with E-state index in [-0.39, 0.29) is 11.7 Å². The molecule has 36 heavy (non-hydrogen) atoms. The normalized spacial score (nSPS) is 16.9. The molecule has 5 rings (SSSR count). The lowest BCUT2D eigenvalue weighted by atomic mass is 9.93. The van der Waals surface area contributed by atoms with E-state index in [1.807, 2.05) is 16.7 Å². The number of ether oxygens (including phenoxy) is 2. The Hall–Kier alpha value is -2.74. The number of fused-ring (bicyclic) bond motifs is 2. The molecule has 2 aromatic heterocycles. The molecule has 1 saturated heterocycles. The molecular weight excluding hydrogens is 582 g/mol. The second-order valence-corrected chi connectivity index (χ2v) is 10.4. The summed E-state index contributed by atoms with van der Waals surface area (Å²) in [6, 6.07) is 3.91. The lowest BCUT2D eigenvalue weighted by molar-refractivity contribution is -0.140. The molecule has 10 nitrogen and oxygen atoms in total. The first-order chi connectivity index (χ1) is 17.3. The number of hydrogen-bond acceptors (Lipinski definition) is 8. The maximum absolute atomic E-state index is 14.1. The highest BCUT2D eigenvalue weighted by Crippen LogP contribution is 2.35. The molecule has 0 aliphatic carbocycles. The lowest BCUT2D eigenvalue weighted by Gasteiger charge is -2.32. The van der Waals surface area contributed by atoms with Crippen LogP contribution < -0.4 is 15.2 Å². The summed E-state index contributed by atoms with van der Waals surface area (Å²) in [4.78, 5) is 26.2. The van der Waals surface area contributed by atoms with E-state index in [1.54, 1.807) is 4.90 Å². The van der Waals surface area contributed by atoms with Crippen molar-refractivity contribution >= 4 is 45.5 Å². The Balaban J connectivity index is 1.39. The Morgan fingerprint density at radius 1 is 1.22 bits per heavy atom. The molecule has 0 spiro atoms. The van der Waals surface area contributed by atoms with Crippen molar-refractivity contribution in [2.75, 3.05) is 32.0 Å². The van der Waals surface area contributed by atoms with Crippen LogP contribution in [-0.4, -0.2) is 67.8 Å². The summed E-state index contributed by atoms with van der Waals surface area (Å²) >= 11 is 2.27. The van der Waals surface area contributed by atoms with Crippen molar-refractivity contribution in [3.63, 3.8) is 0 Å². The van der Waals surface area contributed by atoms with Gasteiger partial charge in [-0.1, -0.05) is 0 Å². The third-order valence-electron chi connectivity index (χ3n) is 6.78. The van der Waals surface area contributed by atoms with Crippen LogP contribution >= 0.6 is 22.6 Å². The molecular formula is C24H28FIN6O4. The van der Waals surface area contributed by atoms with Crippen LogP contribution in [0, 0.1) is 15.6 Å². The van der Waals surface area contributed by atoms with E-state index in [2.05, 4.69) is 32.6 Å². The summed E-state index contributed by atoms with van der Waals surface area (Å²) in [6.07, 6.45) is 1.11. The number of piperidine rings is 1. The van der Waals surface area contributed by atoms with E-state index in [1.165, 1.54) is 6.92 Å². The highest BCUT2D eigenvalue weighted by Gasteiger charge is 2.26. The van der Waals surface area contributed by atoms with E-state index < -0.39 is 12.2 Å². The van der Waals surface area contributed by atoms with Crippen LogP contribution in [0.25, 0.3) is 11.2 Å². The van der Waals surface area contributed by atoms with Gasteiger partial charge in [-0.2, -0.15) is 14.4 Å². The Morgan fingerprint density at radius 3 is 2.61 bits per heavy atom. The van der Waals surface area contributed by atoms with Crippen LogP contribution in [0.3, 0.4) is 0 Å². The first-order valence-electron chi connectivity index (χ1n) is 12.0. The van der Waals surface area contributed by atoms with Crippen molar-refractivity contribution in [3.8, 4) is 11.5 Å². The topological polar surface area (TPSA) is 129 Å². The number of aromatic nitrogens is 4. The molecule has 0 unspecified atom stereocenters. The standard InChI is InChI=1S/C24H28FIN6O4/c1-13(33)23(34)31-5-2-14(3-6-31)4-7-32-19(28-20-21(27)29-24(25)30-22(20)32)11-15-10-17-18(12-16(15)26)36-9-8-35-17/h10,12-14,33H,2-9,11H2,1H3,(H2,27,29,30)/t13-/m0/s1. The molecule has 0 radical (unpaired) electrons. The maximum atomic E-state index is 14.1. The van der Waals surface area contributed by atoms with E-state index >= 15 is 0 Å². The fraction of sp³-hybridized carbons (Fsp3) is 0.500. The number of anilines is 1. The molecule has 3 N–H and O–H groups in total. The van der Waals surface area contributed by atoms with Crippen LogP contribution in [-0.2, 0) is 17.8 Å². The average Bonchev–Trinajstić information content (AvgIpc) is 3.20. The SMILES string of the molecule is C[C@H](O)C(=O)N1CCC(CCn2c(Cc3cc4c(cc3I)OCCO4)nc3c(N)nc(F)nc32)CC1. The zero-order chi connectivity index (χ0) is 25.4. The van der Waals surface area contributed by atoms with E-state index in [9.17, 15) is 14.3 Å². The second kappa shape index (κ2) is 10.3. The van der Waals surface area contributed by atoms with Crippen molar-refractivity contribution < 1.29 is 23.8 Å². The minimum atomic E-state index is -0.982. The fourth-order valence-corrected chi connectivity index (χ4v) is 5.47. The van der Waals surface area contributed by atoms with Gasteiger partial charge in [0.2, 0.25) is 0 Å². The van der Waals surface area contributed by atoms with E-state index in [0.717, 1.165) is 34.1 Å². The molecule has 1 fully saturated rings. The zero-order valence-corrected chi connectivity index (χ0v) is 22.1. The zero-order valence-electron chi connectivity index (χ0n) is 19.9. The smallest absolute Gasteiger partial charge is 0.312 e. The minimum absolute atomic E-state index is 0.0133. The van der Waals surface area contributed by atoms with Crippen molar-refractivity contribution in [2.45, 2.75) is 45.3 Å². The molecule has 1 aromatic carbocycles. The summed E-state index contributed by atoms with van der Waals surface area (Å²) in [5, 5.41) is 9.58. The number of carbonyl (C=O) groups is 1. The largest absolute Gasteiger partial charge is 0.486 e. The Bertz CT molecular complexity index is 1290. The number of likely N-dealkylation sites (tertiary alicyclic amines) is 1. The number of nitrogen functional groups attached to an aromatic ring is 1. The number of nitrogens with two attached hydrogens (primary N) is 1. The van der Waals surface area contributed by atoms with Crippen LogP contribution in [0.5, 0.6) is 11.5 Å². The molecule has 3 aromatic rings. The quantitative estimate of drug-likeness (QED) is 0.322. The highest BCUT2D eigenvalue weighted by molar-refractivity contribution is 14.1. The van der Waals surface area contributed by atoms with E-state index in [4.69, 9.17) is 20.2 Å². The molecule has 192 valence electrons. The predicted octanol–water partition coefficient (Wildman–Crippen LogP) is 2.52. The lowest BCUT2D eigenvalue weighted by Crippen LogP contribution is -2.43. The average molecular weight is 610 g/mol. The molecule has 2 aliphatic rings. The van der Waals surface area contributed by atoms with Gasteiger partial charge in [-0.25, -0.2) is 4.98 Å². The summed E-state index contributed by atoms with van der Waals surface area (Å²) in [5.41, 5.74) is 7.77. The molecule has 0 bridgehead atoms. The van der Waals surface area contributed by atoms with Crippen molar-refractivity contribution in [1.82, 2.24) is 24.4 Å². The molecule has 12 heteroatoms. The van der Waals surface area contributed by atoms with Crippen molar-refractivity contribution in [2.24, 2.45) is 5.92 Å². The van der Waals surface area contributed by atoms with Crippen LogP contribution in [0.4, 0.5) is 10.2 Å². The Labute approximate surface area is 221 Å². The highest BCUT2D eigenvalue weighted by atomic mass is 127. The summed E-state index contributed by atoms with van der Waals surface area (Å²) in [7, 11) is 0. The van der Waals surface area contributed by atoms with Crippen LogP contribution in [0.2, 0.25) is 0 Å². The van der Waals surface area contributed by atoms with Gasteiger partial charge in [-0.05, 0) is 72.4 Å². The number of imidazole rings is 1. The third kappa shape index (κ3) is 5.05. The number of aliphatic hydroxyl groups is 1. The Morgan fingerprint density at radius 2 is 1.92 bits per heavy atom. The molecule has 4 heterocycles. The summed E-state index contributed by atoms with van der Waals surface area (Å²) in [6.45, 7) is 4.33. The molecule has 0 saturated carbocycles. The first kappa shape index (κ1) is 24.9. The van der Waals surface area contributed by atoms with Gasteiger partial charge in [0.1, 0.15) is 25.1 Å². The number of rotatable bonds is 6. The van der Waals surface area contributed by atoms with Gasteiger partial charge in [0.05, 0.1) is 0 Å². The summed E-state index contributed by atoms with van der Waals surface area (Å²) < 4.78 is 28.5. The first-order valence-corrected chi connectivity index (χ1v) is 13.1. The van der Waals surface area contributed by atoms with Gasteiger partial charge in [-0.15, -0.1) is 0 Å². The molecule has 2 aliphatic heterocycles. The Kier molecular flexibility index (Phi) is 7.15. The van der Waals surface area contributed by atoms with Gasteiger partial charge in [-0.3, -0.25) is 4.79 Å². The van der Waals surface area contributed by atoms with Gasteiger partial charge in [0, 0.05) is 29.6 Å². The summed E-state index contributed by atoms with van der Waals surface area (Å²) in [5.74, 6) is 2.30. The number of benzene rings is 1. The van der Waals surface area contributed by atoms with Crippen LogP contribution in [0.15, 0.2) is 12.1 Å². The number of aliphatic hydroxyl groups excluding tert-OH is 1. The number of carbonyl (C=O) groups excluding carboxylic acids is 1. The predicted molar refractivity (Wildman–Crippen MR) is 138 cm³/mol. The number of amides is 1. The van der Waals surface area contributed by atoms with Crippen molar-refractivity contribution in [1.29, 1.82) is 0 Å². The monoisotopic (exact) mass is 610 g/mol. The van der Waals surface area contributed by atoms with Gasteiger partial charge in [0.25, 0.3) is 5.91 Å². The number of halogens is 2. The van der Waals surface area contributed by atoms with Gasteiger partial charge < -0.3 is 29.8 Å². The number of hydrogen-bond donors (Lipinski definition) is 2. The van der Waals surface area contributed by atoms with Gasteiger partial charge in [0.15, 0.2) is 28.5 Å². The second-order valence-electron chi connectivity index (χ2n) is 9.23. The minimum Gasteiger partial charge on any atom is -0.486 e. The van der Waals surface area contributed by atoms with Crippen molar-refractivity contribution in [3.05, 3.63) is 33.2 Å². The number of aryl methyl sites for hydroxylation is 1. The van der Waals surface area contributed by atoms with E-state index in [0.29, 0.717) is 67.9 Å². The van der Waals surface area contributed by atoms with Crippen LogP contribution in [0.1, 0.15) is 37.6 Å². The molecule has 1 atom stereocenters. The fourth-order valence-electron chi connectivity index (χ4n) is 4.84. The van der Waals surface area contributed by atoms with Gasteiger partial charge >= 0.3 is 6.08 Å².